The predicted octanol–water partition coefficient (Wildman–Crippen LogP) is 2.19. The van der Waals surface area contributed by atoms with Gasteiger partial charge in [-0.25, -0.2) is 5.48 Å². The Morgan fingerprint density at radius 1 is 1.00 bits per heavy atom. The molecule has 1 rings (SSSR count). The third kappa shape index (κ3) is 10.7. The lowest BCUT2D eigenvalue weighted by Crippen LogP contribution is -2.53. The van der Waals surface area contributed by atoms with Gasteiger partial charge in [0.1, 0.15) is 6.04 Å². The summed E-state index contributed by atoms with van der Waals surface area (Å²) in [7, 11) is 0. The van der Waals surface area contributed by atoms with Gasteiger partial charge < -0.3 is 10.8 Å². The second-order valence-electron chi connectivity index (χ2n) is 9.39. The fourth-order valence-electron chi connectivity index (χ4n) is 3.59. The highest BCUT2D eigenvalue weighted by Crippen LogP contribution is 2.26. The summed E-state index contributed by atoms with van der Waals surface area (Å²) >= 11 is 0. The molecular weight excluding hydrogens is 452 g/mol. The van der Waals surface area contributed by atoms with Crippen molar-refractivity contribution in [2.24, 2.45) is 29.4 Å². The lowest BCUT2D eigenvalue weighted by Gasteiger charge is -2.31. The molecule has 35 heavy (non-hydrogen) atoms. The largest absolute Gasteiger partial charge is 0.480 e. The summed E-state index contributed by atoms with van der Waals surface area (Å²) in [6, 6.07) is 8.03. The second kappa shape index (κ2) is 14.9. The standard InChI is InChI=1S/C25H38N4O6/c1-16(2)13-20(19(24(32)28-35)12-8-11-18-9-6-5-7-10-18)23(31)27-29(15-17(3)4)22(30)14-21(26)25(33)34/h5-11,16-17,19-21,35H,12-15,26H2,1-4H3,(H,27,31)(H,28,32)(H,33,34)/b11-8+/t19-,20+,21-/m0/s1. The maximum Gasteiger partial charge on any atom is 0.321 e. The van der Waals surface area contributed by atoms with Crippen LogP contribution in [0.2, 0.25) is 0 Å². The molecule has 0 saturated heterocycles. The van der Waals surface area contributed by atoms with E-state index in [0.717, 1.165) is 10.6 Å². The van der Waals surface area contributed by atoms with Crippen LogP contribution in [0.4, 0.5) is 0 Å². The highest BCUT2D eigenvalue weighted by molar-refractivity contribution is 5.90. The number of hydrazine groups is 1. The molecule has 0 aliphatic heterocycles. The zero-order chi connectivity index (χ0) is 26.5. The van der Waals surface area contributed by atoms with Crippen LogP contribution in [-0.2, 0) is 19.2 Å². The summed E-state index contributed by atoms with van der Waals surface area (Å²) < 4.78 is 0. The second-order valence-corrected chi connectivity index (χ2v) is 9.39. The van der Waals surface area contributed by atoms with Crippen LogP contribution in [0.1, 0.15) is 52.5 Å². The molecule has 6 N–H and O–H groups in total. The van der Waals surface area contributed by atoms with Gasteiger partial charge in [-0.15, -0.1) is 0 Å². The van der Waals surface area contributed by atoms with Crippen LogP contribution in [0, 0.1) is 23.7 Å². The van der Waals surface area contributed by atoms with Gasteiger partial charge in [0.05, 0.1) is 18.3 Å². The lowest BCUT2D eigenvalue weighted by atomic mass is 9.82. The van der Waals surface area contributed by atoms with Gasteiger partial charge in [-0.3, -0.25) is 34.8 Å². The number of carbonyl (C=O) groups excluding carboxylic acids is 3. The molecule has 0 heterocycles. The van der Waals surface area contributed by atoms with Gasteiger partial charge in [0.2, 0.25) is 17.7 Å². The number of hydrogen-bond donors (Lipinski definition) is 5. The first kappa shape index (κ1) is 29.8. The number of hydroxylamine groups is 1. The van der Waals surface area contributed by atoms with Gasteiger partial charge >= 0.3 is 5.97 Å². The number of carbonyl (C=O) groups is 4. The number of nitrogens with one attached hydrogen (secondary N) is 2. The number of benzene rings is 1. The summed E-state index contributed by atoms with van der Waals surface area (Å²) in [6.45, 7) is 7.61. The first-order valence-electron chi connectivity index (χ1n) is 11.7. The van der Waals surface area contributed by atoms with Crippen LogP contribution in [0.3, 0.4) is 0 Å². The summed E-state index contributed by atoms with van der Waals surface area (Å²) in [4.78, 5) is 49.7. The monoisotopic (exact) mass is 490 g/mol. The molecule has 1 aromatic rings. The molecule has 0 unspecified atom stereocenters. The van der Waals surface area contributed by atoms with Gasteiger partial charge in [-0.05, 0) is 30.2 Å². The summed E-state index contributed by atoms with van der Waals surface area (Å²) in [5, 5.41) is 19.4. The minimum absolute atomic E-state index is 0.0332. The minimum atomic E-state index is -1.41. The smallest absolute Gasteiger partial charge is 0.321 e. The number of amides is 3. The molecule has 0 radical (unpaired) electrons. The van der Waals surface area contributed by atoms with Gasteiger partial charge in [0.15, 0.2) is 0 Å². The maximum absolute atomic E-state index is 13.4. The fourth-order valence-corrected chi connectivity index (χ4v) is 3.59. The highest BCUT2D eigenvalue weighted by Gasteiger charge is 2.35. The van der Waals surface area contributed by atoms with Crippen LogP contribution in [-0.4, -0.2) is 51.6 Å². The van der Waals surface area contributed by atoms with Crippen molar-refractivity contribution in [1.29, 1.82) is 0 Å². The van der Waals surface area contributed by atoms with E-state index >= 15 is 0 Å². The number of carboxylic acid groups (broad SMARTS) is 1. The Morgan fingerprint density at radius 3 is 2.14 bits per heavy atom. The minimum Gasteiger partial charge on any atom is -0.480 e. The van der Waals surface area contributed by atoms with Crippen molar-refractivity contribution in [1.82, 2.24) is 15.9 Å². The van der Waals surface area contributed by atoms with E-state index in [9.17, 15) is 24.4 Å². The lowest BCUT2D eigenvalue weighted by molar-refractivity contribution is -0.149. The van der Waals surface area contributed by atoms with E-state index in [-0.39, 0.29) is 24.8 Å². The molecule has 0 aliphatic rings. The van der Waals surface area contributed by atoms with Crippen LogP contribution in [0.15, 0.2) is 36.4 Å². The van der Waals surface area contributed by atoms with Crippen molar-refractivity contribution in [3.63, 3.8) is 0 Å². The van der Waals surface area contributed by atoms with E-state index in [2.05, 4.69) is 5.43 Å². The molecule has 0 saturated carbocycles. The number of carboxylic acids is 1. The molecule has 0 bridgehead atoms. The molecule has 3 atom stereocenters. The third-order valence-corrected chi connectivity index (χ3v) is 5.30. The summed E-state index contributed by atoms with van der Waals surface area (Å²) in [5.41, 5.74) is 10.7. The first-order chi connectivity index (χ1) is 16.5. The highest BCUT2D eigenvalue weighted by atomic mass is 16.5. The van der Waals surface area contributed by atoms with Gasteiger partial charge in [-0.2, -0.15) is 0 Å². The number of hydrogen-bond acceptors (Lipinski definition) is 6. The van der Waals surface area contributed by atoms with Gasteiger partial charge in [-0.1, -0.05) is 70.2 Å². The van der Waals surface area contributed by atoms with Crippen molar-refractivity contribution in [3.05, 3.63) is 42.0 Å². The molecule has 1 aromatic carbocycles. The molecule has 0 aromatic heterocycles. The average Bonchev–Trinajstić information content (AvgIpc) is 2.79. The summed E-state index contributed by atoms with van der Waals surface area (Å²) in [6.07, 6.45) is 3.59. The normalized spacial score (nSPS) is 13.9. The number of allylic oxidation sites excluding steroid dienone is 1. The zero-order valence-electron chi connectivity index (χ0n) is 20.8. The molecule has 10 heteroatoms. The Bertz CT molecular complexity index is 872. The van der Waals surface area contributed by atoms with Crippen molar-refractivity contribution in [2.75, 3.05) is 6.54 Å². The van der Waals surface area contributed by atoms with Crippen LogP contribution >= 0.6 is 0 Å². The Balaban J connectivity index is 3.15. The fraction of sp³-hybridized carbons (Fsp3) is 0.520. The first-order valence-corrected chi connectivity index (χ1v) is 11.7. The third-order valence-electron chi connectivity index (χ3n) is 5.30. The molecule has 10 nitrogen and oxygen atoms in total. The van der Waals surface area contributed by atoms with Crippen LogP contribution in [0.5, 0.6) is 0 Å². The Labute approximate surface area is 206 Å². The Hall–Kier alpha value is -3.24. The number of nitrogens with two attached hydrogens (primary N) is 1. The Morgan fingerprint density at radius 2 is 1.63 bits per heavy atom. The van der Waals surface area contributed by atoms with Crippen molar-refractivity contribution in [2.45, 2.75) is 53.0 Å². The SMILES string of the molecule is CC(C)C[C@@H](C(=O)NN(CC(C)C)C(=O)C[C@H](N)C(=O)O)[C@H](C/C=C/c1ccccc1)C(=O)NO. The molecule has 0 fully saturated rings. The van der Waals surface area contributed by atoms with Crippen LogP contribution < -0.4 is 16.6 Å². The molecule has 0 spiro atoms. The number of rotatable bonds is 13. The molecule has 194 valence electrons. The van der Waals surface area contributed by atoms with E-state index in [1.54, 1.807) is 11.6 Å². The predicted molar refractivity (Wildman–Crippen MR) is 131 cm³/mol. The molecule has 0 aliphatic carbocycles. The summed E-state index contributed by atoms with van der Waals surface area (Å²) in [5.74, 6) is -5.01. The van der Waals surface area contributed by atoms with Crippen molar-refractivity contribution in [3.8, 4) is 0 Å². The molecular formula is C25H38N4O6. The van der Waals surface area contributed by atoms with Crippen molar-refractivity contribution < 1.29 is 29.5 Å². The van der Waals surface area contributed by atoms with Gasteiger partial charge in [0, 0.05) is 6.54 Å². The Kier molecular flexibility index (Phi) is 12.7. The maximum atomic E-state index is 13.4. The van der Waals surface area contributed by atoms with E-state index < -0.39 is 48.0 Å². The van der Waals surface area contributed by atoms with Gasteiger partial charge in [0.25, 0.3) is 0 Å². The van der Waals surface area contributed by atoms with Crippen LogP contribution in [0.25, 0.3) is 6.08 Å². The van der Waals surface area contributed by atoms with E-state index in [1.807, 2.05) is 64.1 Å². The zero-order valence-corrected chi connectivity index (χ0v) is 20.8. The topological polar surface area (TPSA) is 162 Å². The quantitative estimate of drug-likeness (QED) is 0.209. The van der Waals surface area contributed by atoms with E-state index in [4.69, 9.17) is 10.8 Å². The molecule has 3 amide bonds. The van der Waals surface area contributed by atoms with Crippen molar-refractivity contribution >= 4 is 29.8 Å². The number of aliphatic carboxylic acids is 1. The van der Waals surface area contributed by atoms with E-state index in [0.29, 0.717) is 6.42 Å². The van der Waals surface area contributed by atoms with E-state index in [1.165, 1.54) is 0 Å². The average molecular weight is 491 g/mol. The number of nitrogens with zero attached hydrogens (tertiary/aromatic N) is 1.